The molecule has 0 amide bonds. The van der Waals surface area contributed by atoms with Gasteiger partial charge in [0.1, 0.15) is 5.75 Å². The van der Waals surface area contributed by atoms with Crippen LogP contribution in [0.15, 0.2) is 35.2 Å². The SMILES string of the molecule is COc1ccc(Cc2cc(C3CC(O)CC(CO)C3)c3c(c2Cl)CCS3)cc1. The van der Waals surface area contributed by atoms with Gasteiger partial charge in [-0.3, -0.25) is 0 Å². The first-order valence-corrected chi connectivity index (χ1v) is 11.3. The summed E-state index contributed by atoms with van der Waals surface area (Å²) in [5.74, 6) is 2.38. The van der Waals surface area contributed by atoms with Crippen LogP contribution in [0.4, 0.5) is 0 Å². The number of halogens is 1. The molecule has 3 nitrogen and oxygen atoms in total. The van der Waals surface area contributed by atoms with E-state index in [2.05, 4.69) is 18.2 Å². The molecule has 0 saturated heterocycles. The third kappa shape index (κ3) is 4.06. The molecular weight excluding hydrogens is 392 g/mol. The molecule has 2 N–H and O–H groups in total. The molecule has 1 fully saturated rings. The van der Waals surface area contributed by atoms with Crippen molar-refractivity contribution >= 4 is 23.4 Å². The van der Waals surface area contributed by atoms with Crippen molar-refractivity contribution in [2.45, 2.75) is 49.0 Å². The van der Waals surface area contributed by atoms with E-state index in [1.165, 1.54) is 21.6 Å². The first kappa shape index (κ1) is 20.1. The zero-order chi connectivity index (χ0) is 19.7. The van der Waals surface area contributed by atoms with Crippen LogP contribution < -0.4 is 4.74 Å². The van der Waals surface area contributed by atoms with Crippen molar-refractivity contribution in [3.63, 3.8) is 0 Å². The molecule has 1 heterocycles. The van der Waals surface area contributed by atoms with Crippen LogP contribution in [0.5, 0.6) is 5.75 Å². The van der Waals surface area contributed by atoms with Crippen LogP contribution in [0.1, 0.15) is 47.4 Å². The predicted molar refractivity (Wildman–Crippen MR) is 115 cm³/mol. The Morgan fingerprint density at radius 2 is 1.96 bits per heavy atom. The molecule has 2 aromatic rings. The third-order valence-corrected chi connectivity index (χ3v) is 7.69. The molecule has 3 unspecified atom stereocenters. The van der Waals surface area contributed by atoms with Gasteiger partial charge in [-0.1, -0.05) is 29.8 Å². The minimum absolute atomic E-state index is 0.148. The number of methoxy groups -OCH3 is 1. The highest BCUT2D eigenvalue weighted by atomic mass is 35.5. The predicted octanol–water partition coefficient (Wildman–Crippen LogP) is 4.82. The molecule has 2 aliphatic rings. The molecule has 5 heteroatoms. The monoisotopic (exact) mass is 418 g/mol. The second kappa shape index (κ2) is 8.66. The molecule has 1 saturated carbocycles. The standard InChI is InChI=1S/C23H27ClO3S/c1-27-19-4-2-14(3-5-19)8-17-12-21(23-20(22(17)24)6-7-28-23)16-9-15(13-25)10-18(26)11-16/h2-5,12,15-16,18,25-26H,6-11,13H2,1H3. The van der Waals surface area contributed by atoms with Gasteiger partial charge in [0.2, 0.25) is 0 Å². The Kier molecular flexibility index (Phi) is 6.21. The fourth-order valence-corrected chi connectivity index (χ4v) is 6.28. The highest BCUT2D eigenvalue weighted by molar-refractivity contribution is 7.99. The summed E-state index contributed by atoms with van der Waals surface area (Å²) in [5.41, 5.74) is 4.95. The van der Waals surface area contributed by atoms with Crippen molar-refractivity contribution in [1.82, 2.24) is 0 Å². The second-order valence-corrected chi connectivity index (χ2v) is 9.46. The average Bonchev–Trinajstić information content (AvgIpc) is 3.20. The van der Waals surface area contributed by atoms with Crippen LogP contribution in [0, 0.1) is 5.92 Å². The first-order valence-electron chi connectivity index (χ1n) is 9.97. The molecule has 3 atom stereocenters. The van der Waals surface area contributed by atoms with Gasteiger partial charge in [-0.05, 0) is 78.3 Å². The van der Waals surface area contributed by atoms with Crippen LogP contribution in [0.25, 0.3) is 0 Å². The van der Waals surface area contributed by atoms with E-state index in [0.29, 0.717) is 6.42 Å². The van der Waals surface area contributed by atoms with Crippen molar-refractivity contribution in [1.29, 1.82) is 0 Å². The summed E-state index contributed by atoms with van der Waals surface area (Å²) in [7, 11) is 1.68. The second-order valence-electron chi connectivity index (χ2n) is 7.98. The van der Waals surface area contributed by atoms with E-state index in [-0.39, 0.29) is 24.5 Å². The number of thioether (sulfide) groups is 1. The highest BCUT2D eigenvalue weighted by Crippen LogP contribution is 2.47. The Morgan fingerprint density at radius 3 is 2.68 bits per heavy atom. The Labute approximate surface area is 176 Å². The van der Waals surface area contributed by atoms with Gasteiger partial charge in [-0.2, -0.15) is 0 Å². The molecule has 1 aliphatic heterocycles. The van der Waals surface area contributed by atoms with Crippen molar-refractivity contribution in [2.75, 3.05) is 19.5 Å². The lowest BCUT2D eigenvalue weighted by molar-refractivity contribution is 0.0645. The molecule has 0 spiro atoms. The van der Waals surface area contributed by atoms with Gasteiger partial charge in [0.25, 0.3) is 0 Å². The third-order valence-electron chi connectivity index (χ3n) is 6.04. The zero-order valence-corrected chi connectivity index (χ0v) is 17.7. The fourth-order valence-electron chi connectivity index (χ4n) is 4.64. The van der Waals surface area contributed by atoms with Crippen LogP contribution in [0.2, 0.25) is 5.02 Å². The maximum atomic E-state index is 10.3. The maximum absolute atomic E-state index is 10.3. The fraction of sp³-hybridized carbons (Fsp3) is 0.478. The van der Waals surface area contributed by atoms with E-state index in [0.717, 1.165) is 47.8 Å². The van der Waals surface area contributed by atoms with E-state index in [1.54, 1.807) is 7.11 Å². The molecule has 4 rings (SSSR count). The Morgan fingerprint density at radius 1 is 1.18 bits per heavy atom. The van der Waals surface area contributed by atoms with Gasteiger partial charge in [0.05, 0.1) is 13.2 Å². The quantitative estimate of drug-likeness (QED) is 0.730. The average molecular weight is 419 g/mol. The van der Waals surface area contributed by atoms with Gasteiger partial charge in [0, 0.05) is 22.3 Å². The summed E-state index contributed by atoms with van der Waals surface area (Å²) >= 11 is 8.72. The van der Waals surface area contributed by atoms with Crippen molar-refractivity contribution in [2.24, 2.45) is 5.92 Å². The number of aliphatic hydroxyl groups excluding tert-OH is 2. The molecule has 28 heavy (non-hydrogen) atoms. The smallest absolute Gasteiger partial charge is 0.118 e. The first-order chi connectivity index (χ1) is 13.6. The minimum atomic E-state index is -0.335. The lowest BCUT2D eigenvalue weighted by Crippen LogP contribution is -2.27. The number of aliphatic hydroxyl groups is 2. The number of benzene rings is 2. The molecule has 0 aromatic heterocycles. The summed E-state index contributed by atoms with van der Waals surface area (Å²) in [6.45, 7) is 0.148. The summed E-state index contributed by atoms with van der Waals surface area (Å²) in [6, 6.07) is 10.4. The number of ether oxygens (including phenoxy) is 1. The topological polar surface area (TPSA) is 49.7 Å². The maximum Gasteiger partial charge on any atom is 0.118 e. The van der Waals surface area contributed by atoms with E-state index in [4.69, 9.17) is 16.3 Å². The molecule has 2 aromatic carbocycles. The van der Waals surface area contributed by atoms with Crippen molar-refractivity contribution in [3.8, 4) is 5.75 Å². The summed E-state index contributed by atoms with van der Waals surface area (Å²) in [5, 5.41) is 20.9. The Bertz CT molecular complexity index is 837. The number of fused-ring (bicyclic) bond motifs is 1. The lowest BCUT2D eigenvalue weighted by atomic mass is 9.76. The minimum Gasteiger partial charge on any atom is -0.497 e. The van der Waals surface area contributed by atoms with Crippen LogP contribution in [0.3, 0.4) is 0 Å². The van der Waals surface area contributed by atoms with Gasteiger partial charge in [0.15, 0.2) is 0 Å². The highest BCUT2D eigenvalue weighted by Gasteiger charge is 2.32. The number of rotatable bonds is 5. The van der Waals surface area contributed by atoms with E-state index in [1.807, 2.05) is 23.9 Å². The normalized spacial score (nSPS) is 24.2. The van der Waals surface area contributed by atoms with Gasteiger partial charge in [-0.25, -0.2) is 0 Å². The molecule has 0 bridgehead atoms. The Balaban J connectivity index is 1.69. The van der Waals surface area contributed by atoms with Crippen molar-refractivity contribution in [3.05, 3.63) is 57.6 Å². The Hall–Kier alpha value is -1.20. The largest absolute Gasteiger partial charge is 0.497 e. The molecule has 150 valence electrons. The number of hydrogen-bond acceptors (Lipinski definition) is 4. The van der Waals surface area contributed by atoms with Crippen LogP contribution in [-0.2, 0) is 12.8 Å². The molecular formula is C23H27ClO3S. The molecule has 0 radical (unpaired) electrons. The van der Waals surface area contributed by atoms with E-state index >= 15 is 0 Å². The summed E-state index contributed by atoms with van der Waals surface area (Å²) in [6.07, 6.45) is 3.86. The van der Waals surface area contributed by atoms with Gasteiger partial charge < -0.3 is 14.9 Å². The zero-order valence-electron chi connectivity index (χ0n) is 16.2. The summed E-state index contributed by atoms with van der Waals surface area (Å²) < 4.78 is 5.26. The molecule has 1 aliphatic carbocycles. The van der Waals surface area contributed by atoms with Crippen LogP contribution >= 0.6 is 23.4 Å². The van der Waals surface area contributed by atoms with E-state index in [9.17, 15) is 10.2 Å². The lowest BCUT2D eigenvalue weighted by Gasteiger charge is -2.33. The van der Waals surface area contributed by atoms with Crippen LogP contribution in [-0.4, -0.2) is 35.8 Å². The summed E-state index contributed by atoms with van der Waals surface area (Å²) in [4.78, 5) is 1.32. The van der Waals surface area contributed by atoms with Gasteiger partial charge >= 0.3 is 0 Å². The number of hydrogen-bond donors (Lipinski definition) is 2. The van der Waals surface area contributed by atoms with E-state index < -0.39 is 0 Å². The van der Waals surface area contributed by atoms with Gasteiger partial charge in [-0.15, -0.1) is 11.8 Å². The van der Waals surface area contributed by atoms with Crippen molar-refractivity contribution < 1.29 is 14.9 Å².